The first kappa shape index (κ1) is 15.8. The monoisotopic (exact) mass is 327 g/mol. The quantitative estimate of drug-likeness (QED) is 0.903. The molecule has 1 saturated carbocycles. The first-order valence-corrected chi connectivity index (χ1v) is 9.70. The molecule has 4 nitrogen and oxygen atoms in total. The molecule has 1 saturated heterocycles. The van der Waals surface area contributed by atoms with Gasteiger partial charge in [-0.3, -0.25) is 4.79 Å². The van der Waals surface area contributed by atoms with Gasteiger partial charge in [-0.15, -0.1) is 0 Å². The minimum Gasteiger partial charge on any atom is -0.383 e. The van der Waals surface area contributed by atoms with Crippen LogP contribution in [0, 0.1) is 5.92 Å². The first-order valence-electron chi connectivity index (χ1n) is 9.70. The summed E-state index contributed by atoms with van der Waals surface area (Å²) >= 11 is 0. The first-order chi connectivity index (χ1) is 11.8. The van der Waals surface area contributed by atoms with E-state index in [0.717, 1.165) is 37.7 Å². The largest absolute Gasteiger partial charge is 0.383 e. The van der Waals surface area contributed by atoms with Gasteiger partial charge in [0.1, 0.15) is 0 Å². The van der Waals surface area contributed by atoms with Gasteiger partial charge in [0.2, 0.25) is 5.91 Å². The van der Waals surface area contributed by atoms with Gasteiger partial charge in [-0.25, -0.2) is 0 Å². The van der Waals surface area contributed by atoms with E-state index >= 15 is 0 Å². The Hall–Kier alpha value is -1.71. The average molecular weight is 327 g/mol. The van der Waals surface area contributed by atoms with Gasteiger partial charge in [0, 0.05) is 25.7 Å². The Balaban J connectivity index is 1.49. The molecular formula is C20H29N3O. The summed E-state index contributed by atoms with van der Waals surface area (Å²) in [5, 5.41) is 3.49. The summed E-state index contributed by atoms with van der Waals surface area (Å²) in [6.45, 7) is 3.43. The van der Waals surface area contributed by atoms with Gasteiger partial charge in [0.25, 0.3) is 0 Å². The predicted octanol–water partition coefficient (Wildman–Crippen LogP) is 3.49. The molecule has 24 heavy (non-hydrogen) atoms. The fourth-order valence-electron chi connectivity index (χ4n) is 4.87. The lowest BCUT2D eigenvalue weighted by Crippen LogP contribution is -2.52. The molecule has 2 aliphatic heterocycles. The number of hydrogen-bond acceptors (Lipinski definition) is 3. The molecule has 3 aliphatic rings. The van der Waals surface area contributed by atoms with Crippen LogP contribution < -0.4 is 10.2 Å². The molecule has 2 fully saturated rings. The molecule has 1 aromatic carbocycles. The molecule has 2 heterocycles. The molecule has 1 N–H and O–H groups in total. The molecule has 130 valence electrons. The van der Waals surface area contributed by atoms with Crippen LogP contribution in [0.2, 0.25) is 0 Å². The zero-order valence-electron chi connectivity index (χ0n) is 14.5. The van der Waals surface area contributed by atoms with Gasteiger partial charge < -0.3 is 15.1 Å². The number of anilines is 2. The van der Waals surface area contributed by atoms with Crippen molar-refractivity contribution in [1.82, 2.24) is 4.90 Å². The summed E-state index contributed by atoms with van der Waals surface area (Å²) < 4.78 is 0. The third-order valence-electron chi connectivity index (χ3n) is 6.05. The molecular weight excluding hydrogens is 298 g/mol. The van der Waals surface area contributed by atoms with Crippen LogP contribution in [0.4, 0.5) is 11.4 Å². The minimum absolute atomic E-state index is 0.336. The third-order valence-corrected chi connectivity index (χ3v) is 6.05. The van der Waals surface area contributed by atoms with Crippen LogP contribution in [0.15, 0.2) is 24.3 Å². The molecule has 2 atom stereocenters. The normalized spacial score (nSPS) is 26.8. The van der Waals surface area contributed by atoms with Gasteiger partial charge in [-0.2, -0.15) is 0 Å². The fraction of sp³-hybridized carbons (Fsp3) is 0.650. The maximum Gasteiger partial charge on any atom is 0.242 e. The summed E-state index contributed by atoms with van der Waals surface area (Å²) in [6.07, 6.45) is 8.78. The number of piperidine rings is 1. The van der Waals surface area contributed by atoms with Crippen molar-refractivity contribution in [3.63, 3.8) is 0 Å². The van der Waals surface area contributed by atoms with E-state index < -0.39 is 0 Å². The van der Waals surface area contributed by atoms with Gasteiger partial charge in [-0.05, 0) is 50.2 Å². The minimum atomic E-state index is 0.336. The van der Waals surface area contributed by atoms with Crippen molar-refractivity contribution in [3.8, 4) is 0 Å². The van der Waals surface area contributed by atoms with Crippen LogP contribution in [0.3, 0.4) is 0 Å². The van der Waals surface area contributed by atoms with Crippen LogP contribution in [0.1, 0.15) is 44.9 Å². The molecule has 2 unspecified atom stereocenters. The highest BCUT2D eigenvalue weighted by Crippen LogP contribution is 2.35. The van der Waals surface area contributed by atoms with Gasteiger partial charge in [-0.1, -0.05) is 25.0 Å². The van der Waals surface area contributed by atoms with Crippen LogP contribution in [-0.2, 0) is 4.79 Å². The lowest BCUT2D eigenvalue weighted by molar-refractivity contribution is -0.136. The van der Waals surface area contributed by atoms with Crippen LogP contribution in [0.5, 0.6) is 0 Å². The van der Waals surface area contributed by atoms with E-state index in [4.69, 9.17) is 0 Å². The summed E-state index contributed by atoms with van der Waals surface area (Å²) in [7, 11) is 0. The van der Waals surface area contributed by atoms with Crippen molar-refractivity contribution in [2.75, 3.05) is 36.4 Å². The molecule has 0 spiro atoms. The molecule has 0 bridgehead atoms. The Morgan fingerprint density at radius 2 is 1.88 bits per heavy atom. The molecule has 4 heteroatoms. The van der Waals surface area contributed by atoms with E-state index in [0.29, 0.717) is 18.5 Å². The topological polar surface area (TPSA) is 35.6 Å². The highest BCUT2D eigenvalue weighted by molar-refractivity contribution is 5.84. The van der Waals surface area contributed by atoms with Gasteiger partial charge in [0.05, 0.1) is 17.9 Å². The van der Waals surface area contributed by atoms with E-state index in [9.17, 15) is 4.79 Å². The standard InChI is InChI=1S/C20H29N3O/c24-20(23-14-5-8-16-7-1-3-10-18(16)23)15-22-13-6-12-21-17-9-2-4-11-19(17)22/h2,4,9,11,16,18,21H,1,3,5-8,10,12-15H2. The second kappa shape index (κ2) is 7.04. The van der Waals surface area contributed by atoms with E-state index in [1.807, 2.05) is 0 Å². The molecule has 1 amide bonds. The molecule has 0 radical (unpaired) electrons. The van der Waals surface area contributed by atoms with Crippen molar-refractivity contribution in [2.24, 2.45) is 5.92 Å². The summed E-state index contributed by atoms with van der Waals surface area (Å²) in [6, 6.07) is 8.91. The van der Waals surface area contributed by atoms with E-state index in [2.05, 4.69) is 39.4 Å². The van der Waals surface area contributed by atoms with E-state index in [1.165, 1.54) is 44.2 Å². The number of rotatable bonds is 2. The summed E-state index contributed by atoms with van der Waals surface area (Å²) in [5.74, 6) is 1.10. The van der Waals surface area contributed by atoms with Crippen LogP contribution in [0.25, 0.3) is 0 Å². The number of carbonyl (C=O) groups excluding carboxylic acids is 1. The van der Waals surface area contributed by atoms with Crippen molar-refractivity contribution in [2.45, 2.75) is 51.0 Å². The van der Waals surface area contributed by atoms with Crippen molar-refractivity contribution >= 4 is 17.3 Å². The van der Waals surface area contributed by atoms with Crippen molar-refractivity contribution < 1.29 is 4.79 Å². The Morgan fingerprint density at radius 3 is 2.83 bits per heavy atom. The lowest BCUT2D eigenvalue weighted by Gasteiger charge is -2.44. The predicted molar refractivity (Wildman–Crippen MR) is 98.5 cm³/mol. The maximum atomic E-state index is 13.1. The number of hydrogen-bond donors (Lipinski definition) is 1. The smallest absolute Gasteiger partial charge is 0.242 e. The summed E-state index contributed by atoms with van der Waals surface area (Å²) in [4.78, 5) is 17.6. The van der Waals surface area contributed by atoms with Crippen molar-refractivity contribution in [3.05, 3.63) is 24.3 Å². The third kappa shape index (κ3) is 3.11. The number of nitrogens with one attached hydrogen (secondary N) is 1. The fourth-order valence-corrected chi connectivity index (χ4v) is 4.87. The zero-order valence-corrected chi connectivity index (χ0v) is 14.5. The highest BCUT2D eigenvalue weighted by Gasteiger charge is 2.36. The van der Waals surface area contributed by atoms with Crippen molar-refractivity contribution in [1.29, 1.82) is 0 Å². The lowest BCUT2D eigenvalue weighted by atomic mass is 9.78. The SMILES string of the molecule is O=C(CN1CCCNc2ccccc21)N1CCCC2CCCCC21. The number of fused-ring (bicyclic) bond motifs is 2. The number of para-hydroxylation sites is 2. The zero-order chi connectivity index (χ0) is 16.4. The maximum absolute atomic E-state index is 13.1. The number of amides is 1. The number of carbonyl (C=O) groups is 1. The van der Waals surface area contributed by atoms with E-state index in [1.54, 1.807) is 0 Å². The number of benzene rings is 1. The second-order valence-corrected chi connectivity index (χ2v) is 7.56. The van der Waals surface area contributed by atoms with Gasteiger partial charge in [0.15, 0.2) is 0 Å². The Labute approximate surface area is 145 Å². The number of nitrogens with zero attached hydrogens (tertiary/aromatic N) is 2. The second-order valence-electron chi connectivity index (χ2n) is 7.56. The molecule has 1 aliphatic carbocycles. The molecule has 4 rings (SSSR count). The average Bonchev–Trinajstić information content (AvgIpc) is 2.84. The Morgan fingerprint density at radius 1 is 1.04 bits per heavy atom. The van der Waals surface area contributed by atoms with E-state index in [-0.39, 0.29) is 0 Å². The van der Waals surface area contributed by atoms with Crippen LogP contribution >= 0.6 is 0 Å². The summed E-state index contributed by atoms with van der Waals surface area (Å²) in [5.41, 5.74) is 2.34. The van der Waals surface area contributed by atoms with Crippen LogP contribution in [-0.4, -0.2) is 43.0 Å². The number of likely N-dealkylation sites (tertiary alicyclic amines) is 1. The molecule has 0 aromatic heterocycles. The van der Waals surface area contributed by atoms with Gasteiger partial charge >= 0.3 is 0 Å². The molecule has 1 aromatic rings. The highest BCUT2D eigenvalue weighted by atomic mass is 16.2. The Bertz CT molecular complexity index is 586. The Kier molecular flexibility index (Phi) is 4.63.